The van der Waals surface area contributed by atoms with Crippen LogP contribution in [0.5, 0.6) is 0 Å². The summed E-state index contributed by atoms with van der Waals surface area (Å²) < 4.78 is 0. The van der Waals surface area contributed by atoms with E-state index in [-0.39, 0.29) is 29.8 Å². The van der Waals surface area contributed by atoms with Crippen LogP contribution in [0.1, 0.15) is 34.6 Å². The summed E-state index contributed by atoms with van der Waals surface area (Å²) in [5.74, 6) is -0.232. The fourth-order valence-electron chi connectivity index (χ4n) is 0.796. The molecule has 0 aliphatic rings. The third-order valence-corrected chi connectivity index (χ3v) is 1.77. The fourth-order valence-corrected chi connectivity index (χ4v) is 0.796. The van der Waals surface area contributed by atoms with Gasteiger partial charge in [-0.15, -0.1) is 0 Å². The van der Waals surface area contributed by atoms with Crippen molar-refractivity contribution in [1.82, 2.24) is 10.6 Å². The molecule has 82 valence electrons. The lowest BCUT2D eigenvalue weighted by Gasteiger charge is -2.18. The van der Waals surface area contributed by atoms with Gasteiger partial charge in [0.15, 0.2) is 0 Å². The van der Waals surface area contributed by atoms with Gasteiger partial charge in [0.2, 0.25) is 11.8 Å². The highest BCUT2D eigenvalue weighted by atomic mass is 16.2. The molecule has 2 amide bonds. The van der Waals surface area contributed by atoms with E-state index in [4.69, 9.17) is 0 Å². The quantitative estimate of drug-likeness (QED) is 0.662. The average Bonchev–Trinajstić information content (AvgIpc) is 2.03. The first kappa shape index (κ1) is 12.9. The van der Waals surface area contributed by atoms with E-state index in [1.165, 1.54) is 0 Å². The predicted molar refractivity (Wildman–Crippen MR) is 55.4 cm³/mol. The predicted octanol–water partition coefficient (Wildman–Crippen LogP) is 0.877. The summed E-state index contributed by atoms with van der Waals surface area (Å²) in [5, 5.41) is 5.39. The highest BCUT2D eigenvalue weighted by Crippen LogP contribution is 1.94. The normalized spacial score (nSPS) is 10.9. The molecule has 0 heterocycles. The van der Waals surface area contributed by atoms with Crippen molar-refractivity contribution >= 4 is 11.8 Å². The van der Waals surface area contributed by atoms with Crippen LogP contribution in [0.2, 0.25) is 0 Å². The van der Waals surface area contributed by atoms with Crippen molar-refractivity contribution in [3.63, 3.8) is 0 Å². The number of carbonyl (C=O) groups excluding carboxylic acids is 2. The molecule has 0 spiro atoms. The third kappa shape index (κ3) is 4.84. The van der Waals surface area contributed by atoms with Crippen molar-refractivity contribution in [2.75, 3.05) is 0 Å². The van der Waals surface area contributed by atoms with Gasteiger partial charge in [-0.05, 0) is 6.92 Å². The van der Waals surface area contributed by atoms with Gasteiger partial charge >= 0.3 is 0 Å². The number of rotatable bonds is 4. The van der Waals surface area contributed by atoms with Crippen LogP contribution < -0.4 is 10.6 Å². The Hall–Kier alpha value is -1.06. The summed E-state index contributed by atoms with van der Waals surface area (Å²) in [4.78, 5) is 22.5. The summed E-state index contributed by atoms with van der Waals surface area (Å²) in [6.45, 7) is 9.00. The Labute approximate surface area is 85.4 Å². The first-order valence-electron chi connectivity index (χ1n) is 4.95. The molecule has 0 bridgehead atoms. The maximum atomic E-state index is 11.2. The highest BCUT2D eigenvalue weighted by molar-refractivity contribution is 5.80. The molecule has 0 fully saturated rings. The van der Waals surface area contributed by atoms with Crippen molar-refractivity contribution in [1.29, 1.82) is 0 Å². The van der Waals surface area contributed by atoms with E-state index in [0.29, 0.717) is 0 Å². The summed E-state index contributed by atoms with van der Waals surface area (Å²) in [6, 6.07) is 0. The van der Waals surface area contributed by atoms with Crippen LogP contribution in [0.3, 0.4) is 0 Å². The second kappa shape index (κ2) is 5.62. The number of hydrogen-bond donors (Lipinski definition) is 2. The van der Waals surface area contributed by atoms with E-state index in [2.05, 4.69) is 10.6 Å². The Morgan fingerprint density at radius 3 is 1.29 bits per heavy atom. The van der Waals surface area contributed by atoms with Crippen LogP contribution in [-0.4, -0.2) is 18.0 Å². The molecule has 0 aromatic carbocycles. The molecule has 0 aliphatic carbocycles. The van der Waals surface area contributed by atoms with Crippen LogP contribution in [0, 0.1) is 11.8 Å². The molecular formula is C10H20N2O2. The van der Waals surface area contributed by atoms with E-state index in [9.17, 15) is 9.59 Å². The smallest absolute Gasteiger partial charge is 0.224 e. The Bertz CT molecular complexity index is 190. The van der Waals surface area contributed by atoms with Gasteiger partial charge in [-0.1, -0.05) is 27.7 Å². The van der Waals surface area contributed by atoms with Gasteiger partial charge in [0.1, 0.15) is 0 Å². The van der Waals surface area contributed by atoms with Gasteiger partial charge in [-0.3, -0.25) is 9.59 Å². The molecule has 0 aromatic rings. The summed E-state index contributed by atoms with van der Waals surface area (Å²) in [6.07, 6.45) is -0.306. The van der Waals surface area contributed by atoms with Crippen LogP contribution >= 0.6 is 0 Å². The number of amides is 2. The second-order valence-electron chi connectivity index (χ2n) is 4.05. The Kier molecular flexibility index (Phi) is 5.20. The number of carbonyl (C=O) groups is 2. The first-order valence-corrected chi connectivity index (χ1v) is 4.95. The van der Waals surface area contributed by atoms with Crippen molar-refractivity contribution in [2.24, 2.45) is 11.8 Å². The Morgan fingerprint density at radius 2 is 1.07 bits per heavy atom. The minimum Gasteiger partial charge on any atom is -0.336 e. The fraction of sp³-hybridized carbons (Fsp3) is 0.800. The molecule has 0 aromatic heterocycles. The minimum atomic E-state index is -0.306. The molecule has 4 nitrogen and oxygen atoms in total. The van der Waals surface area contributed by atoms with Gasteiger partial charge in [0.05, 0.1) is 6.17 Å². The Morgan fingerprint density at radius 1 is 0.786 bits per heavy atom. The van der Waals surface area contributed by atoms with Crippen LogP contribution in [-0.2, 0) is 9.59 Å². The lowest BCUT2D eigenvalue weighted by Crippen LogP contribution is -2.48. The molecule has 0 radical (unpaired) electrons. The lowest BCUT2D eigenvalue weighted by molar-refractivity contribution is -0.127. The molecular weight excluding hydrogens is 180 g/mol. The topological polar surface area (TPSA) is 58.2 Å². The molecule has 0 unspecified atom stereocenters. The second-order valence-corrected chi connectivity index (χ2v) is 4.05. The molecule has 0 rings (SSSR count). The monoisotopic (exact) mass is 200 g/mol. The molecule has 0 saturated carbocycles. The summed E-state index contributed by atoms with van der Waals surface area (Å²) >= 11 is 0. The van der Waals surface area contributed by atoms with Crippen molar-refractivity contribution in [2.45, 2.75) is 40.8 Å². The number of hydrogen-bond acceptors (Lipinski definition) is 2. The standard InChI is InChI=1S/C10H20N2O2/c1-6(2)9(13)11-8(5)12-10(14)7(3)4/h6-8H,1-5H3,(H,11,13)(H,12,14). The molecule has 2 N–H and O–H groups in total. The van der Waals surface area contributed by atoms with Gasteiger partial charge in [-0.25, -0.2) is 0 Å². The van der Waals surface area contributed by atoms with E-state index >= 15 is 0 Å². The zero-order valence-electron chi connectivity index (χ0n) is 9.55. The van der Waals surface area contributed by atoms with E-state index in [1.54, 1.807) is 6.92 Å². The third-order valence-electron chi connectivity index (χ3n) is 1.77. The average molecular weight is 200 g/mol. The van der Waals surface area contributed by atoms with Gasteiger partial charge in [-0.2, -0.15) is 0 Å². The zero-order valence-corrected chi connectivity index (χ0v) is 9.55. The summed E-state index contributed by atoms with van der Waals surface area (Å²) in [5.41, 5.74) is 0. The molecule has 0 atom stereocenters. The Balaban J connectivity index is 3.93. The molecule has 4 heteroatoms. The van der Waals surface area contributed by atoms with Crippen molar-refractivity contribution in [3.8, 4) is 0 Å². The highest BCUT2D eigenvalue weighted by Gasteiger charge is 2.14. The van der Waals surface area contributed by atoms with E-state index < -0.39 is 0 Å². The van der Waals surface area contributed by atoms with Gasteiger partial charge in [0, 0.05) is 11.8 Å². The van der Waals surface area contributed by atoms with Gasteiger partial charge < -0.3 is 10.6 Å². The van der Waals surface area contributed by atoms with E-state index in [1.807, 2.05) is 27.7 Å². The summed E-state index contributed by atoms with van der Waals surface area (Å²) in [7, 11) is 0. The van der Waals surface area contributed by atoms with Crippen LogP contribution in [0.15, 0.2) is 0 Å². The first-order chi connectivity index (χ1) is 6.34. The minimum absolute atomic E-state index is 0.0541. The number of nitrogens with one attached hydrogen (secondary N) is 2. The largest absolute Gasteiger partial charge is 0.336 e. The maximum Gasteiger partial charge on any atom is 0.224 e. The lowest BCUT2D eigenvalue weighted by atomic mass is 10.2. The van der Waals surface area contributed by atoms with E-state index in [0.717, 1.165) is 0 Å². The van der Waals surface area contributed by atoms with Crippen molar-refractivity contribution < 1.29 is 9.59 Å². The zero-order chi connectivity index (χ0) is 11.3. The molecule has 14 heavy (non-hydrogen) atoms. The molecule has 0 aliphatic heterocycles. The molecule has 0 saturated heterocycles. The van der Waals surface area contributed by atoms with Gasteiger partial charge in [0.25, 0.3) is 0 Å². The van der Waals surface area contributed by atoms with Crippen LogP contribution in [0.25, 0.3) is 0 Å². The van der Waals surface area contributed by atoms with Crippen molar-refractivity contribution in [3.05, 3.63) is 0 Å². The maximum absolute atomic E-state index is 11.2. The van der Waals surface area contributed by atoms with Crippen LogP contribution in [0.4, 0.5) is 0 Å². The SMILES string of the molecule is CC(NC(=O)C(C)C)NC(=O)C(C)C.